The third-order valence-corrected chi connectivity index (χ3v) is 3.30. The maximum atomic E-state index is 12.1. The number of aryl methyl sites for hydroxylation is 2. The van der Waals surface area contributed by atoms with E-state index >= 15 is 0 Å². The normalized spacial score (nSPS) is 13.6. The average Bonchev–Trinajstić information content (AvgIpc) is 2.78. The molecule has 1 amide bonds. The maximum absolute atomic E-state index is 12.1. The van der Waals surface area contributed by atoms with Gasteiger partial charge in [0.1, 0.15) is 5.69 Å². The molecule has 0 aliphatic carbocycles. The second-order valence-corrected chi connectivity index (χ2v) is 4.98. The lowest BCUT2D eigenvalue weighted by Crippen LogP contribution is -2.26. The molecule has 0 fully saturated rings. The molecule has 0 saturated heterocycles. The van der Waals surface area contributed by atoms with E-state index < -0.39 is 0 Å². The van der Waals surface area contributed by atoms with Gasteiger partial charge in [-0.15, -0.1) is 0 Å². The zero-order chi connectivity index (χ0) is 13.7. The first-order chi connectivity index (χ1) is 8.97. The van der Waals surface area contributed by atoms with Crippen molar-refractivity contribution in [2.75, 3.05) is 0 Å². The number of benzene rings is 1. The van der Waals surface area contributed by atoms with Crippen LogP contribution in [0.2, 0.25) is 0 Å². The Morgan fingerprint density at radius 2 is 2.00 bits per heavy atom. The number of imidazole rings is 1. The first-order valence-corrected chi connectivity index (χ1v) is 6.14. The van der Waals surface area contributed by atoms with E-state index in [0.717, 1.165) is 16.3 Å². The number of carbonyl (C=O) groups is 1. The van der Waals surface area contributed by atoms with Crippen molar-refractivity contribution in [3.8, 4) is 5.88 Å². The molecule has 0 radical (unpaired) electrons. The minimum atomic E-state index is -0.371. The Kier molecular flexibility index (Phi) is 2.43. The van der Waals surface area contributed by atoms with E-state index in [1.54, 1.807) is 0 Å². The number of nitrogens with one attached hydrogen (secondary N) is 2. The van der Waals surface area contributed by atoms with Gasteiger partial charge in [0.2, 0.25) is 5.88 Å². The average molecular weight is 273 g/mol. The van der Waals surface area contributed by atoms with Gasteiger partial charge in [0, 0.05) is 5.22 Å². The van der Waals surface area contributed by atoms with E-state index in [4.69, 9.17) is 12.2 Å². The van der Waals surface area contributed by atoms with Crippen molar-refractivity contribution in [3.05, 3.63) is 44.3 Å². The van der Waals surface area contributed by atoms with Crippen molar-refractivity contribution >= 4 is 23.7 Å². The molecule has 1 aliphatic heterocycles. The summed E-state index contributed by atoms with van der Waals surface area (Å²) < 4.78 is 0.269. The van der Waals surface area contributed by atoms with Crippen LogP contribution < -0.4 is 10.6 Å². The van der Waals surface area contributed by atoms with Crippen LogP contribution in [0.4, 0.5) is 0 Å². The van der Waals surface area contributed by atoms with Crippen LogP contribution in [0.3, 0.4) is 0 Å². The van der Waals surface area contributed by atoms with Gasteiger partial charge in [0.25, 0.3) is 5.91 Å². The Bertz CT molecular complexity index is 890. The quantitative estimate of drug-likeness (QED) is 0.671. The zero-order valence-corrected chi connectivity index (χ0v) is 11.2. The fraction of sp³-hybridized carbons (Fsp3) is 0.154. The summed E-state index contributed by atoms with van der Waals surface area (Å²) in [6, 6.07) is 3.85. The zero-order valence-electron chi connectivity index (χ0n) is 10.4. The van der Waals surface area contributed by atoms with Crippen LogP contribution in [0, 0.1) is 18.6 Å². The lowest BCUT2D eigenvalue weighted by atomic mass is 10.1. The number of rotatable bonds is 1. The van der Waals surface area contributed by atoms with Gasteiger partial charge in [0.15, 0.2) is 4.77 Å². The Labute approximate surface area is 113 Å². The van der Waals surface area contributed by atoms with Crippen molar-refractivity contribution < 1.29 is 9.90 Å². The van der Waals surface area contributed by atoms with Crippen LogP contribution in [-0.2, 0) is 4.79 Å². The lowest BCUT2D eigenvalue weighted by molar-refractivity contribution is -0.112. The van der Waals surface area contributed by atoms with Crippen molar-refractivity contribution in [2.45, 2.75) is 13.8 Å². The van der Waals surface area contributed by atoms with Crippen molar-refractivity contribution in [2.24, 2.45) is 4.99 Å². The molecule has 0 atom stereocenters. The number of aromatic hydroxyl groups is 1. The summed E-state index contributed by atoms with van der Waals surface area (Å²) in [6.45, 7) is 3.86. The number of nitrogens with zero attached hydrogens (tertiary/aromatic N) is 1. The molecule has 2 aromatic rings. The summed E-state index contributed by atoms with van der Waals surface area (Å²) in [5.41, 5.74) is 2.62. The minimum absolute atomic E-state index is 0.143. The standard InChI is InChI=1S/C13H11N3O2S/c1-5-3-6(2)9-7(4-5)8(11(17)14-9)10-12(18)16-13(19)15-10/h3-4,18H,1-2H3,(H2,15,16,19). The Morgan fingerprint density at radius 1 is 1.26 bits per heavy atom. The molecule has 6 heteroatoms. The van der Waals surface area contributed by atoms with Crippen LogP contribution >= 0.6 is 12.2 Å². The summed E-state index contributed by atoms with van der Waals surface area (Å²) in [7, 11) is 0. The summed E-state index contributed by atoms with van der Waals surface area (Å²) in [4.78, 5) is 21.5. The van der Waals surface area contributed by atoms with Crippen molar-refractivity contribution in [1.82, 2.24) is 9.97 Å². The highest BCUT2D eigenvalue weighted by atomic mass is 32.1. The van der Waals surface area contributed by atoms with E-state index in [1.165, 1.54) is 0 Å². The smallest absolute Gasteiger partial charge is 0.280 e. The van der Waals surface area contributed by atoms with Crippen LogP contribution in [0.1, 0.15) is 16.8 Å². The number of fused-ring (bicyclic) bond motifs is 1. The minimum Gasteiger partial charge on any atom is -0.493 e. The van der Waals surface area contributed by atoms with Crippen LogP contribution in [0.15, 0.2) is 17.1 Å². The molecule has 19 heavy (non-hydrogen) atoms. The van der Waals surface area contributed by atoms with Gasteiger partial charge in [-0.1, -0.05) is 11.6 Å². The number of aromatic amines is 2. The topological polar surface area (TPSA) is 81.2 Å². The number of H-pyrrole nitrogens is 2. The lowest BCUT2D eigenvalue weighted by Gasteiger charge is -1.98. The molecule has 0 unspecified atom stereocenters. The van der Waals surface area contributed by atoms with E-state index in [-0.39, 0.29) is 16.6 Å². The highest BCUT2D eigenvalue weighted by molar-refractivity contribution is 7.71. The molecule has 0 saturated carbocycles. The number of hydrogen-bond donors (Lipinski definition) is 3. The molecule has 96 valence electrons. The summed E-state index contributed by atoms with van der Waals surface area (Å²) in [6.07, 6.45) is 0. The predicted octanol–water partition coefficient (Wildman–Crippen LogP) is 0.754. The Morgan fingerprint density at radius 3 is 2.63 bits per heavy atom. The van der Waals surface area contributed by atoms with Crippen LogP contribution in [-0.4, -0.2) is 21.0 Å². The molecule has 1 aromatic carbocycles. The molecule has 1 aliphatic rings. The van der Waals surface area contributed by atoms with Crippen LogP contribution in [0.25, 0.3) is 5.57 Å². The van der Waals surface area contributed by atoms with Gasteiger partial charge in [-0.05, 0) is 37.7 Å². The third-order valence-electron chi connectivity index (χ3n) is 3.10. The third kappa shape index (κ3) is 1.72. The van der Waals surface area contributed by atoms with Gasteiger partial charge >= 0.3 is 0 Å². The molecular weight excluding hydrogens is 262 g/mol. The van der Waals surface area contributed by atoms with Gasteiger partial charge < -0.3 is 15.1 Å². The monoisotopic (exact) mass is 273 g/mol. The van der Waals surface area contributed by atoms with Crippen molar-refractivity contribution in [3.63, 3.8) is 0 Å². The van der Waals surface area contributed by atoms with E-state index in [1.807, 2.05) is 26.0 Å². The van der Waals surface area contributed by atoms with E-state index in [2.05, 4.69) is 15.0 Å². The molecule has 2 heterocycles. The van der Waals surface area contributed by atoms with Gasteiger partial charge in [-0.25, -0.2) is 4.99 Å². The largest absolute Gasteiger partial charge is 0.493 e. The fourth-order valence-electron chi connectivity index (χ4n) is 2.37. The molecule has 3 rings (SSSR count). The second kappa shape index (κ2) is 3.89. The van der Waals surface area contributed by atoms with Crippen molar-refractivity contribution in [1.29, 1.82) is 0 Å². The SMILES string of the molecule is Cc1cc(C)c2c(c1)=C(c1[nH]c(=S)[nH]c1O)C(=O)N=2. The molecule has 1 aromatic heterocycles. The highest BCUT2D eigenvalue weighted by Crippen LogP contribution is 2.21. The molecule has 3 N–H and O–H groups in total. The maximum Gasteiger partial charge on any atom is 0.280 e. The van der Waals surface area contributed by atoms with Gasteiger partial charge in [-0.2, -0.15) is 0 Å². The van der Waals surface area contributed by atoms with Gasteiger partial charge in [-0.3, -0.25) is 4.79 Å². The number of amides is 1. The number of hydrogen-bond acceptors (Lipinski definition) is 3. The molecule has 0 spiro atoms. The summed E-state index contributed by atoms with van der Waals surface area (Å²) in [5.74, 6) is -0.514. The first kappa shape index (κ1) is 11.9. The molecular formula is C13H11N3O2S. The first-order valence-electron chi connectivity index (χ1n) is 5.73. The predicted molar refractivity (Wildman–Crippen MR) is 71.9 cm³/mol. The summed E-state index contributed by atoms with van der Waals surface area (Å²) in [5, 5.41) is 11.2. The van der Waals surface area contributed by atoms with E-state index in [9.17, 15) is 9.90 Å². The number of carbonyl (C=O) groups excluding carboxylic acids is 1. The fourth-order valence-corrected chi connectivity index (χ4v) is 2.57. The number of aromatic nitrogens is 2. The Balaban J connectivity index is 2.49. The van der Waals surface area contributed by atoms with E-state index in [0.29, 0.717) is 16.6 Å². The van der Waals surface area contributed by atoms with Crippen LogP contribution in [0.5, 0.6) is 5.88 Å². The van der Waals surface area contributed by atoms with Gasteiger partial charge in [0.05, 0.1) is 10.9 Å². The Hall–Kier alpha value is -2.21. The molecule has 5 nitrogen and oxygen atoms in total. The summed E-state index contributed by atoms with van der Waals surface area (Å²) >= 11 is 4.92. The molecule has 0 bridgehead atoms. The highest BCUT2D eigenvalue weighted by Gasteiger charge is 2.23. The second-order valence-electron chi connectivity index (χ2n) is 4.57.